The van der Waals surface area contributed by atoms with Crippen LogP contribution in [0, 0.1) is 18.8 Å². The molecule has 132 valence electrons. The van der Waals surface area contributed by atoms with Crippen molar-refractivity contribution in [1.82, 2.24) is 4.90 Å². The fraction of sp³-hybridized carbons (Fsp3) is 0.579. The molecular formula is C19H27NO4. The summed E-state index contributed by atoms with van der Waals surface area (Å²) in [6.45, 7) is 10.6. The minimum Gasteiger partial charge on any atom is -0.481 e. The highest BCUT2D eigenvalue weighted by Crippen LogP contribution is 2.26. The zero-order chi connectivity index (χ0) is 18.0. The van der Waals surface area contributed by atoms with E-state index in [0.29, 0.717) is 18.2 Å². The van der Waals surface area contributed by atoms with E-state index in [4.69, 9.17) is 4.74 Å². The van der Waals surface area contributed by atoms with E-state index in [2.05, 4.69) is 13.8 Å². The monoisotopic (exact) mass is 333 g/mol. The molecule has 5 nitrogen and oxygen atoms in total. The van der Waals surface area contributed by atoms with Crippen molar-refractivity contribution < 1.29 is 19.4 Å². The van der Waals surface area contributed by atoms with Gasteiger partial charge in [0.1, 0.15) is 5.75 Å². The number of carbonyl (C=O) groups excluding carboxylic acids is 1. The second-order valence-corrected chi connectivity index (χ2v) is 7.10. The number of carboxylic acids is 1. The van der Waals surface area contributed by atoms with E-state index in [-0.39, 0.29) is 18.4 Å². The highest BCUT2D eigenvalue weighted by molar-refractivity contribution is 5.82. The number of rotatable bonds is 5. The van der Waals surface area contributed by atoms with E-state index >= 15 is 0 Å². The van der Waals surface area contributed by atoms with Crippen LogP contribution < -0.4 is 4.74 Å². The molecule has 0 saturated carbocycles. The molecule has 0 bridgehead atoms. The summed E-state index contributed by atoms with van der Waals surface area (Å²) in [5, 5.41) is 9.19. The first-order valence-electron chi connectivity index (χ1n) is 8.49. The molecule has 0 aromatic heterocycles. The third-order valence-corrected chi connectivity index (χ3v) is 4.77. The number of amides is 1. The zero-order valence-corrected chi connectivity index (χ0v) is 15.1. The Bertz CT molecular complexity index is 626. The van der Waals surface area contributed by atoms with E-state index in [1.165, 1.54) is 5.56 Å². The van der Waals surface area contributed by atoms with Gasteiger partial charge in [0.25, 0.3) is 5.91 Å². The number of likely N-dealkylation sites (tertiary alicyclic amines) is 1. The van der Waals surface area contributed by atoms with E-state index in [0.717, 1.165) is 5.56 Å². The molecule has 1 aliphatic heterocycles. The highest BCUT2D eigenvalue weighted by atomic mass is 16.5. The lowest BCUT2D eigenvalue weighted by Crippen LogP contribution is -2.39. The van der Waals surface area contributed by atoms with Crippen LogP contribution in [0.4, 0.5) is 0 Å². The van der Waals surface area contributed by atoms with E-state index in [1.54, 1.807) is 11.8 Å². The second-order valence-electron chi connectivity index (χ2n) is 7.10. The maximum absolute atomic E-state index is 12.5. The van der Waals surface area contributed by atoms with Crippen molar-refractivity contribution in [3.05, 3.63) is 29.3 Å². The summed E-state index contributed by atoms with van der Waals surface area (Å²) < 4.78 is 5.80. The van der Waals surface area contributed by atoms with Crippen molar-refractivity contribution in [2.45, 2.75) is 46.6 Å². The molecule has 1 aliphatic rings. The third kappa shape index (κ3) is 3.89. The van der Waals surface area contributed by atoms with E-state index in [9.17, 15) is 14.7 Å². The number of hydrogen-bond acceptors (Lipinski definition) is 3. The van der Waals surface area contributed by atoms with Crippen LogP contribution in [-0.2, 0) is 9.59 Å². The number of ether oxygens (including phenoxy) is 1. The van der Waals surface area contributed by atoms with Gasteiger partial charge in [0.2, 0.25) is 0 Å². The fourth-order valence-corrected chi connectivity index (χ4v) is 3.35. The Kier molecular flexibility index (Phi) is 5.52. The molecule has 1 aromatic carbocycles. The summed E-state index contributed by atoms with van der Waals surface area (Å²) in [5.74, 6) is -0.417. The van der Waals surface area contributed by atoms with Crippen molar-refractivity contribution in [1.29, 1.82) is 0 Å². The summed E-state index contributed by atoms with van der Waals surface area (Å²) in [5.41, 5.74) is 2.40. The number of carbonyl (C=O) groups is 2. The van der Waals surface area contributed by atoms with Gasteiger partial charge in [-0.15, -0.1) is 0 Å². The Balaban J connectivity index is 2.02. The molecule has 0 radical (unpaired) electrons. The van der Waals surface area contributed by atoms with E-state index < -0.39 is 18.0 Å². The van der Waals surface area contributed by atoms with Crippen LogP contribution in [0.2, 0.25) is 0 Å². The van der Waals surface area contributed by atoms with Crippen molar-refractivity contribution in [2.75, 3.05) is 13.1 Å². The number of hydrogen-bond donors (Lipinski definition) is 1. The molecule has 1 fully saturated rings. The quantitative estimate of drug-likeness (QED) is 0.899. The summed E-state index contributed by atoms with van der Waals surface area (Å²) in [7, 11) is 0. The minimum atomic E-state index is -0.841. The van der Waals surface area contributed by atoms with E-state index in [1.807, 2.05) is 32.0 Å². The highest BCUT2D eigenvalue weighted by Gasteiger charge is 2.38. The van der Waals surface area contributed by atoms with Crippen LogP contribution in [-0.4, -0.2) is 41.1 Å². The standard InChI is InChI=1S/C19H27NO4/c1-11(2)16-7-6-15(8-12(16)3)24-14(5)18(21)20-9-13(4)17(10-20)19(22)23/h6-8,11,13-14,17H,9-10H2,1-5H3,(H,22,23)/t13-,14?,17-/m1/s1. The Morgan fingerprint density at radius 3 is 2.42 bits per heavy atom. The van der Waals surface area contributed by atoms with Gasteiger partial charge in [-0.05, 0) is 48.9 Å². The SMILES string of the molecule is Cc1cc(OC(C)C(=O)N2C[C@@H](C)[C@H](C(=O)O)C2)ccc1C(C)C. The maximum atomic E-state index is 12.5. The number of benzene rings is 1. The van der Waals surface area contributed by atoms with Crippen molar-refractivity contribution in [3.63, 3.8) is 0 Å². The van der Waals surface area contributed by atoms with Gasteiger partial charge in [-0.3, -0.25) is 9.59 Å². The van der Waals surface area contributed by atoms with Gasteiger partial charge in [0, 0.05) is 13.1 Å². The molecule has 0 aliphatic carbocycles. The summed E-state index contributed by atoms with van der Waals surface area (Å²) in [4.78, 5) is 25.3. The predicted molar refractivity (Wildman–Crippen MR) is 92.2 cm³/mol. The molecule has 3 atom stereocenters. The molecule has 5 heteroatoms. The van der Waals surface area contributed by atoms with Crippen molar-refractivity contribution in [3.8, 4) is 5.75 Å². The average Bonchev–Trinajstić information content (AvgIpc) is 2.88. The molecule has 1 heterocycles. The lowest BCUT2D eigenvalue weighted by molar-refractivity contribution is -0.142. The summed E-state index contributed by atoms with van der Waals surface area (Å²) in [6, 6.07) is 5.87. The molecule has 2 rings (SSSR count). The maximum Gasteiger partial charge on any atom is 0.308 e. The normalized spacial score (nSPS) is 21.8. The molecule has 1 aromatic rings. The predicted octanol–water partition coefficient (Wildman–Crippen LogP) is 3.06. The lowest BCUT2D eigenvalue weighted by atomic mass is 9.98. The van der Waals surface area contributed by atoms with Gasteiger partial charge in [-0.2, -0.15) is 0 Å². The molecule has 1 unspecified atom stereocenters. The third-order valence-electron chi connectivity index (χ3n) is 4.77. The van der Waals surface area contributed by atoms with Crippen molar-refractivity contribution in [2.24, 2.45) is 11.8 Å². The molecule has 1 N–H and O–H groups in total. The molecule has 24 heavy (non-hydrogen) atoms. The number of aliphatic carboxylic acids is 1. The Morgan fingerprint density at radius 2 is 1.92 bits per heavy atom. The first-order chi connectivity index (χ1) is 11.2. The second kappa shape index (κ2) is 7.24. The fourth-order valence-electron chi connectivity index (χ4n) is 3.35. The Labute approximate surface area is 143 Å². The van der Waals surface area contributed by atoms with Gasteiger partial charge in [0.05, 0.1) is 5.92 Å². The zero-order valence-electron chi connectivity index (χ0n) is 15.1. The largest absolute Gasteiger partial charge is 0.481 e. The topological polar surface area (TPSA) is 66.8 Å². The van der Waals surface area contributed by atoms with Gasteiger partial charge >= 0.3 is 5.97 Å². The Hall–Kier alpha value is -2.04. The number of nitrogens with zero attached hydrogens (tertiary/aromatic N) is 1. The molecule has 1 amide bonds. The van der Waals surface area contributed by atoms with Crippen LogP contribution in [0.5, 0.6) is 5.75 Å². The summed E-state index contributed by atoms with van der Waals surface area (Å²) >= 11 is 0. The van der Waals surface area contributed by atoms with Crippen molar-refractivity contribution >= 4 is 11.9 Å². The van der Waals surface area contributed by atoms with Crippen LogP contribution >= 0.6 is 0 Å². The van der Waals surface area contributed by atoms with Crippen LogP contribution in [0.1, 0.15) is 44.7 Å². The molecule has 1 saturated heterocycles. The first-order valence-corrected chi connectivity index (χ1v) is 8.49. The van der Waals surface area contributed by atoms with Gasteiger partial charge < -0.3 is 14.7 Å². The molecule has 0 spiro atoms. The smallest absolute Gasteiger partial charge is 0.308 e. The first kappa shape index (κ1) is 18.3. The average molecular weight is 333 g/mol. The Morgan fingerprint density at radius 1 is 1.25 bits per heavy atom. The molecular weight excluding hydrogens is 306 g/mol. The summed E-state index contributed by atoms with van der Waals surface area (Å²) in [6.07, 6.45) is -0.631. The number of aryl methyl sites for hydroxylation is 1. The van der Waals surface area contributed by atoms with Gasteiger partial charge in [0.15, 0.2) is 6.10 Å². The van der Waals surface area contributed by atoms with Crippen LogP contribution in [0.15, 0.2) is 18.2 Å². The van der Waals surface area contributed by atoms with Gasteiger partial charge in [-0.1, -0.05) is 26.8 Å². The van der Waals surface area contributed by atoms with Crippen LogP contribution in [0.3, 0.4) is 0 Å². The lowest BCUT2D eigenvalue weighted by Gasteiger charge is -2.22. The minimum absolute atomic E-state index is 0.0359. The van der Waals surface area contributed by atoms with Gasteiger partial charge in [-0.25, -0.2) is 0 Å². The number of carboxylic acid groups (broad SMARTS) is 1. The van der Waals surface area contributed by atoms with Crippen LogP contribution in [0.25, 0.3) is 0 Å².